The smallest absolute Gasteiger partial charge is 0.291 e. The van der Waals surface area contributed by atoms with E-state index in [1.54, 1.807) is 42.5 Å². The topological polar surface area (TPSA) is 89.8 Å². The Morgan fingerprint density at radius 1 is 0.929 bits per heavy atom. The van der Waals surface area contributed by atoms with Crippen molar-refractivity contribution < 1.29 is 23.5 Å². The van der Waals surface area contributed by atoms with Gasteiger partial charge in [-0.3, -0.25) is 9.59 Å². The van der Waals surface area contributed by atoms with Crippen molar-refractivity contribution >= 4 is 35.0 Å². The fourth-order valence-electron chi connectivity index (χ4n) is 2.56. The van der Waals surface area contributed by atoms with E-state index in [1.807, 2.05) is 12.1 Å². The summed E-state index contributed by atoms with van der Waals surface area (Å²) in [5.74, 6) is 1.36. The molecule has 1 aromatic heterocycles. The molecule has 2 N–H and O–H groups in total. The first kappa shape index (κ1) is 18.0. The van der Waals surface area contributed by atoms with E-state index in [0.717, 1.165) is 4.90 Å². The van der Waals surface area contributed by atoms with Gasteiger partial charge < -0.3 is 24.5 Å². The lowest BCUT2D eigenvalue weighted by Gasteiger charge is -2.07. The molecule has 0 fully saturated rings. The van der Waals surface area contributed by atoms with E-state index in [2.05, 4.69) is 10.6 Å². The molecule has 142 valence electrons. The summed E-state index contributed by atoms with van der Waals surface area (Å²) in [4.78, 5) is 25.0. The fourth-order valence-corrected chi connectivity index (χ4v) is 3.25. The van der Waals surface area contributed by atoms with Gasteiger partial charge in [0.05, 0.1) is 12.0 Å². The van der Waals surface area contributed by atoms with Crippen LogP contribution in [0.25, 0.3) is 0 Å². The van der Waals surface area contributed by atoms with E-state index in [9.17, 15) is 9.59 Å². The number of thioether (sulfide) groups is 1. The van der Waals surface area contributed by atoms with Crippen LogP contribution in [0, 0.1) is 0 Å². The average molecular weight is 396 g/mol. The van der Waals surface area contributed by atoms with Crippen LogP contribution in [0.2, 0.25) is 0 Å². The predicted molar refractivity (Wildman–Crippen MR) is 105 cm³/mol. The first-order valence-electron chi connectivity index (χ1n) is 8.44. The van der Waals surface area contributed by atoms with Crippen LogP contribution in [0.15, 0.2) is 70.2 Å². The van der Waals surface area contributed by atoms with Crippen LogP contribution in [-0.2, 0) is 4.79 Å². The van der Waals surface area contributed by atoms with Crippen molar-refractivity contribution in [2.45, 2.75) is 4.90 Å². The molecule has 3 aromatic rings. The number of amides is 2. The van der Waals surface area contributed by atoms with Gasteiger partial charge >= 0.3 is 0 Å². The lowest BCUT2D eigenvalue weighted by atomic mass is 10.3. The Kier molecular flexibility index (Phi) is 5.20. The Bertz CT molecular complexity index is 986. The number of rotatable bonds is 6. The lowest BCUT2D eigenvalue weighted by Crippen LogP contribution is -2.13. The summed E-state index contributed by atoms with van der Waals surface area (Å²) in [6, 6.07) is 15.8. The summed E-state index contributed by atoms with van der Waals surface area (Å²) < 4.78 is 15.6. The van der Waals surface area contributed by atoms with Crippen molar-refractivity contribution in [1.29, 1.82) is 0 Å². The van der Waals surface area contributed by atoms with Gasteiger partial charge in [-0.2, -0.15) is 0 Å². The number of carbonyl (C=O) groups is 2. The zero-order chi connectivity index (χ0) is 19.3. The van der Waals surface area contributed by atoms with E-state index in [1.165, 1.54) is 18.0 Å². The van der Waals surface area contributed by atoms with Gasteiger partial charge in [0.2, 0.25) is 12.7 Å². The monoisotopic (exact) mass is 396 g/mol. The van der Waals surface area contributed by atoms with Crippen LogP contribution in [0.3, 0.4) is 0 Å². The number of benzene rings is 2. The van der Waals surface area contributed by atoms with Crippen molar-refractivity contribution in [3.8, 4) is 11.5 Å². The zero-order valence-corrected chi connectivity index (χ0v) is 15.5. The number of hydrogen-bond acceptors (Lipinski definition) is 6. The first-order valence-corrected chi connectivity index (χ1v) is 9.43. The van der Waals surface area contributed by atoms with E-state index in [4.69, 9.17) is 13.9 Å². The molecule has 4 rings (SSSR count). The van der Waals surface area contributed by atoms with Crippen LogP contribution in [0.4, 0.5) is 11.4 Å². The predicted octanol–water partition coefficient (Wildman–Crippen LogP) is 3.99. The van der Waals surface area contributed by atoms with Gasteiger partial charge in [0.15, 0.2) is 17.3 Å². The van der Waals surface area contributed by atoms with Gasteiger partial charge in [0, 0.05) is 22.3 Å². The molecule has 0 radical (unpaired) electrons. The highest BCUT2D eigenvalue weighted by molar-refractivity contribution is 8.00. The second-order valence-electron chi connectivity index (χ2n) is 5.86. The Morgan fingerprint density at radius 2 is 1.71 bits per heavy atom. The molecular weight excluding hydrogens is 380 g/mol. The number of hydrogen-bond donors (Lipinski definition) is 2. The van der Waals surface area contributed by atoms with Gasteiger partial charge in [-0.25, -0.2) is 0 Å². The zero-order valence-electron chi connectivity index (χ0n) is 14.6. The van der Waals surface area contributed by atoms with Crippen LogP contribution in [-0.4, -0.2) is 24.4 Å². The molecule has 0 bridgehead atoms. The molecule has 0 saturated heterocycles. The Hall–Kier alpha value is -3.39. The van der Waals surface area contributed by atoms with Gasteiger partial charge in [-0.05, 0) is 48.5 Å². The standard InChI is InChI=1S/C20H16N2O5S/c23-19(21-14-5-8-16-18(10-14)27-12-26-16)11-28-15-6-3-13(4-7-15)22-20(24)17-2-1-9-25-17/h1-10H,11-12H2,(H,21,23)(H,22,24). The van der Waals surface area contributed by atoms with E-state index < -0.39 is 0 Å². The summed E-state index contributed by atoms with van der Waals surface area (Å²) in [7, 11) is 0. The molecular formula is C20H16N2O5S. The Labute approximate surface area is 165 Å². The largest absolute Gasteiger partial charge is 0.459 e. The van der Waals surface area contributed by atoms with Crippen LogP contribution in [0.1, 0.15) is 10.6 Å². The summed E-state index contributed by atoms with van der Waals surface area (Å²) in [6.07, 6.45) is 1.45. The molecule has 0 spiro atoms. The minimum absolute atomic E-state index is 0.126. The third-order valence-electron chi connectivity index (χ3n) is 3.88. The number of furan rings is 1. The highest BCUT2D eigenvalue weighted by Gasteiger charge is 2.14. The second kappa shape index (κ2) is 8.10. The van der Waals surface area contributed by atoms with Crippen LogP contribution in [0.5, 0.6) is 11.5 Å². The van der Waals surface area contributed by atoms with Gasteiger partial charge in [0.1, 0.15) is 0 Å². The van der Waals surface area contributed by atoms with Gasteiger partial charge in [0.25, 0.3) is 5.91 Å². The lowest BCUT2D eigenvalue weighted by molar-refractivity contribution is -0.113. The van der Waals surface area contributed by atoms with Crippen LogP contribution < -0.4 is 20.1 Å². The summed E-state index contributed by atoms with van der Waals surface area (Å²) >= 11 is 1.40. The van der Waals surface area contributed by atoms with Crippen molar-refractivity contribution in [3.63, 3.8) is 0 Å². The minimum atomic E-state index is -0.312. The Balaban J connectivity index is 1.27. The summed E-state index contributed by atoms with van der Waals surface area (Å²) in [5.41, 5.74) is 1.31. The molecule has 7 nitrogen and oxygen atoms in total. The number of fused-ring (bicyclic) bond motifs is 1. The molecule has 0 aliphatic carbocycles. The van der Waals surface area contributed by atoms with Crippen molar-refractivity contribution in [3.05, 3.63) is 66.6 Å². The average Bonchev–Trinajstić information content (AvgIpc) is 3.39. The van der Waals surface area contributed by atoms with Gasteiger partial charge in [-0.1, -0.05) is 0 Å². The normalized spacial score (nSPS) is 11.9. The molecule has 0 atom stereocenters. The second-order valence-corrected chi connectivity index (χ2v) is 6.91. The molecule has 2 amide bonds. The quantitative estimate of drug-likeness (QED) is 0.613. The maximum atomic E-state index is 12.2. The third kappa shape index (κ3) is 4.29. The molecule has 1 aliphatic heterocycles. The molecule has 8 heteroatoms. The van der Waals surface area contributed by atoms with Crippen molar-refractivity contribution in [2.75, 3.05) is 23.2 Å². The Morgan fingerprint density at radius 3 is 2.50 bits per heavy atom. The van der Waals surface area contributed by atoms with E-state index in [-0.39, 0.29) is 30.1 Å². The minimum Gasteiger partial charge on any atom is -0.459 e. The molecule has 28 heavy (non-hydrogen) atoms. The van der Waals surface area contributed by atoms with E-state index >= 15 is 0 Å². The van der Waals surface area contributed by atoms with Crippen LogP contribution >= 0.6 is 11.8 Å². The molecule has 1 aliphatic rings. The third-order valence-corrected chi connectivity index (χ3v) is 4.90. The summed E-state index contributed by atoms with van der Waals surface area (Å²) in [6.45, 7) is 0.195. The number of anilines is 2. The molecule has 0 unspecified atom stereocenters. The van der Waals surface area contributed by atoms with Crippen molar-refractivity contribution in [1.82, 2.24) is 0 Å². The van der Waals surface area contributed by atoms with E-state index in [0.29, 0.717) is 22.9 Å². The fraction of sp³-hybridized carbons (Fsp3) is 0.100. The first-order chi connectivity index (χ1) is 13.7. The SMILES string of the molecule is O=C(CSc1ccc(NC(=O)c2ccco2)cc1)Nc1ccc2c(c1)OCO2. The number of ether oxygens (including phenoxy) is 2. The van der Waals surface area contributed by atoms with Gasteiger partial charge in [-0.15, -0.1) is 11.8 Å². The molecule has 2 heterocycles. The maximum Gasteiger partial charge on any atom is 0.291 e. The highest BCUT2D eigenvalue weighted by Crippen LogP contribution is 2.34. The number of carbonyl (C=O) groups excluding carboxylic acids is 2. The molecule has 2 aromatic carbocycles. The maximum absolute atomic E-state index is 12.2. The number of nitrogens with one attached hydrogen (secondary N) is 2. The molecule has 0 saturated carbocycles. The summed E-state index contributed by atoms with van der Waals surface area (Å²) in [5, 5.41) is 5.58. The highest BCUT2D eigenvalue weighted by atomic mass is 32.2. The van der Waals surface area contributed by atoms with Crippen molar-refractivity contribution in [2.24, 2.45) is 0 Å².